The van der Waals surface area contributed by atoms with E-state index in [9.17, 15) is 0 Å². The van der Waals surface area contributed by atoms with Crippen LogP contribution < -0.4 is 9.80 Å². The summed E-state index contributed by atoms with van der Waals surface area (Å²) >= 11 is 0. The first-order chi connectivity index (χ1) is 15.7. The smallest absolute Gasteiger partial charge is 0.134 e. The lowest BCUT2D eigenvalue weighted by Gasteiger charge is -2.32. The summed E-state index contributed by atoms with van der Waals surface area (Å²) in [4.78, 5) is 24.3. The molecule has 2 aromatic heterocycles. The van der Waals surface area contributed by atoms with E-state index < -0.39 is 0 Å². The van der Waals surface area contributed by atoms with Gasteiger partial charge in [-0.1, -0.05) is 12.1 Å². The fourth-order valence-electron chi connectivity index (χ4n) is 4.72. The van der Waals surface area contributed by atoms with Crippen molar-refractivity contribution in [1.29, 1.82) is 0 Å². The van der Waals surface area contributed by atoms with E-state index in [1.54, 1.807) is 0 Å². The molecule has 0 saturated carbocycles. The Morgan fingerprint density at radius 3 is 2.44 bits per heavy atom. The number of hydrogen-bond donors (Lipinski definition) is 0. The zero-order valence-electron chi connectivity index (χ0n) is 19.1. The summed E-state index contributed by atoms with van der Waals surface area (Å²) in [5, 5.41) is 0. The van der Waals surface area contributed by atoms with Gasteiger partial charge >= 0.3 is 0 Å². The highest BCUT2D eigenvalue weighted by Crippen LogP contribution is 2.26. The van der Waals surface area contributed by atoms with Crippen LogP contribution in [0, 0.1) is 6.92 Å². The van der Waals surface area contributed by atoms with Crippen LogP contribution in [-0.2, 0) is 17.6 Å². The molecule has 0 atom stereocenters. The lowest BCUT2D eigenvalue weighted by molar-refractivity contribution is 0.0853. The number of para-hydroxylation sites is 2. The van der Waals surface area contributed by atoms with Gasteiger partial charge < -0.3 is 14.5 Å². The molecule has 0 spiro atoms. The van der Waals surface area contributed by atoms with Gasteiger partial charge in [-0.3, -0.25) is 0 Å². The van der Waals surface area contributed by atoms with Gasteiger partial charge in [0.05, 0.1) is 22.4 Å². The Hall–Kier alpha value is -2.80. The normalized spacial score (nSPS) is 17.2. The van der Waals surface area contributed by atoms with Gasteiger partial charge in [-0.05, 0) is 51.2 Å². The highest BCUT2D eigenvalue weighted by molar-refractivity contribution is 5.74. The number of anilines is 2. The van der Waals surface area contributed by atoms with Crippen molar-refractivity contribution in [3.63, 3.8) is 0 Å². The minimum atomic E-state index is 0.464. The molecule has 0 N–H and O–H groups in total. The average Bonchev–Trinajstić information content (AvgIpc) is 3.38. The first-order valence-corrected chi connectivity index (χ1v) is 11.8. The van der Waals surface area contributed by atoms with E-state index in [1.165, 1.54) is 12.8 Å². The van der Waals surface area contributed by atoms with Crippen molar-refractivity contribution < 1.29 is 4.74 Å². The second kappa shape index (κ2) is 9.36. The van der Waals surface area contributed by atoms with Gasteiger partial charge in [0.1, 0.15) is 17.5 Å². The molecule has 7 heteroatoms. The minimum Gasteiger partial charge on any atom is -0.381 e. The summed E-state index contributed by atoms with van der Waals surface area (Å²) in [6.45, 7) is 5.84. The fourth-order valence-corrected chi connectivity index (χ4v) is 4.72. The number of hydrogen-bond acceptors (Lipinski definition) is 7. The lowest BCUT2D eigenvalue weighted by Crippen LogP contribution is -2.37. The van der Waals surface area contributed by atoms with Crippen LogP contribution in [0.1, 0.15) is 42.9 Å². The maximum atomic E-state index is 5.56. The van der Waals surface area contributed by atoms with Crippen molar-refractivity contribution >= 4 is 22.7 Å². The van der Waals surface area contributed by atoms with Gasteiger partial charge in [0, 0.05) is 51.9 Å². The third-order valence-corrected chi connectivity index (χ3v) is 6.70. The van der Waals surface area contributed by atoms with Crippen molar-refractivity contribution in [2.75, 3.05) is 43.2 Å². The fraction of sp³-hybridized carbons (Fsp3) is 0.520. The number of aromatic nitrogens is 4. The van der Waals surface area contributed by atoms with Crippen LogP contribution in [0.25, 0.3) is 11.0 Å². The molecule has 2 saturated heterocycles. The third kappa shape index (κ3) is 4.53. The predicted octanol–water partition coefficient (Wildman–Crippen LogP) is 3.73. The van der Waals surface area contributed by atoms with Gasteiger partial charge in [0.25, 0.3) is 0 Å². The molecule has 2 aliphatic rings. The SMILES string of the molecule is Cc1nc2ccccc2nc1CCc1nc(N2CCCC2)cc(N(C)C2CCOCC2)n1. The first kappa shape index (κ1) is 21.1. The Kier molecular flexibility index (Phi) is 6.17. The largest absolute Gasteiger partial charge is 0.381 e. The first-order valence-electron chi connectivity index (χ1n) is 11.8. The highest BCUT2D eigenvalue weighted by atomic mass is 16.5. The summed E-state index contributed by atoms with van der Waals surface area (Å²) in [7, 11) is 2.16. The number of aryl methyl sites for hydroxylation is 3. The molecule has 0 aliphatic carbocycles. The Morgan fingerprint density at radius 2 is 1.69 bits per heavy atom. The van der Waals surface area contributed by atoms with E-state index in [-0.39, 0.29) is 0 Å². The quantitative estimate of drug-likeness (QED) is 0.588. The van der Waals surface area contributed by atoms with Gasteiger partial charge in [-0.2, -0.15) is 0 Å². The third-order valence-electron chi connectivity index (χ3n) is 6.70. The van der Waals surface area contributed by atoms with Crippen LogP contribution in [0.2, 0.25) is 0 Å². The molecule has 3 aromatic rings. The van der Waals surface area contributed by atoms with Gasteiger partial charge in [-0.25, -0.2) is 19.9 Å². The van der Waals surface area contributed by atoms with Crippen LogP contribution in [0.5, 0.6) is 0 Å². The molecule has 5 rings (SSSR count). The molecule has 0 unspecified atom stereocenters. The van der Waals surface area contributed by atoms with E-state index in [0.717, 1.165) is 91.9 Å². The van der Waals surface area contributed by atoms with Gasteiger partial charge in [0.15, 0.2) is 0 Å². The van der Waals surface area contributed by atoms with Crippen molar-refractivity contribution in [3.05, 3.63) is 47.5 Å². The Labute approximate surface area is 189 Å². The Morgan fingerprint density at radius 1 is 0.969 bits per heavy atom. The zero-order chi connectivity index (χ0) is 21.9. The monoisotopic (exact) mass is 432 g/mol. The van der Waals surface area contributed by atoms with Crippen molar-refractivity contribution in [2.24, 2.45) is 0 Å². The van der Waals surface area contributed by atoms with E-state index >= 15 is 0 Å². The van der Waals surface area contributed by atoms with E-state index in [4.69, 9.17) is 24.7 Å². The molecule has 0 bridgehead atoms. The Bertz CT molecular complexity index is 1080. The predicted molar refractivity (Wildman–Crippen MR) is 127 cm³/mol. The van der Waals surface area contributed by atoms with Crippen LogP contribution >= 0.6 is 0 Å². The molecule has 0 radical (unpaired) electrons. The maximum Gasteiger partial charge on any atom is 0.134 e. The summed E-state index contributed by atoms with van der Waals surface area (Å²) < 4.78 is 5.56. The summed E-state index contributed by atoms with van der Waals surface area (Å²) in [5.41, 5.74) is 3.90. The minimum absolute atomic E-state index is 0.464. The number of benzene rings is 1. The standard InChI is InChI=1S/C25H32N6O/c1-18-20(27-22-8-4-3-7-21(22)26-18)9-10-23-28-24(30(2)19-11-15-32-16-12-19)17-25(29-23)31-13-5-6-14-31/h3-4,7-8,17,19H,5-6,9-16H2,1-2H3. The molecule has 32 heavy (non-hydrogen) atoms. The molecule has 2 aliphatic heterocycles. The van der Waals surface area contributed by atoms with E-state index in [2.05, 4.69) is 22.9 Å². The maximum absolute atomic E-state index is 5.56. The molecule has 0 amide bonds. The van der Waals surface area contributed by atoms with Crippen molar-refractivity contribution in [2.45, 2.75) is 51.5 Å². The van der Waals surface area contributed by atoms with Crippen LogP contribution in [0.15, 0.2) is 30.3 Å². The lowest BCUT2D eigenvalue weighted by atomic mass is 10.1. The Balaban J connectivity index is 1.41. The van der Waals surface area contributed by atoms with Crippen LogP contribution in [0.4, 0.5) is 11.6 Å². The van der Waals surface area contributed by atoms with Crippen LogP contribution in [0.3, 0.4) is 0 Å². The topological polar surface area (TPSA) is 67.3 Å². The number of nitrogens with zero attached hydrogens (tertiary/aromatic N) is 6. The van der Waals surface area contributed by atoms with Crippen LogP contribution in [-0.4, -0.2) is 59.3 Å². The van der Waals surface area contributed by atoms with Crippen molar-refractivity contribution in [3.8, 4) is 0 Å². The number of rotatable bonds is 6. The summed E-state index contributed by atoms with van der Waals surface area (Å²) in [6.07, 6.45) is 6.09. The second-order valence-electron chi connectivity index (χ2n) is 8.89. The number of fused-ring (bicyclic) bond motifs is 1. The number of ether oxygens (including phenoxy) is 1. The molecule has 1 aromatic carbocycles. The van der Waals surface area contributed by atoms with Crippen molar-refractivity contribution in [1.82, 2.24) is 19.9 Å². The average molecular weight is 433 g/mol. The molecular formula is C25H32N6O. The summed E-state index contributed by atoms with van der Waals surface area (Å²) in [5.74, 6) is 2.96. The molecule has 4 heterocycles. The van der Waals surface area contributed by atoms with E-state index in [0.29, 0.717) is 6.04 Å². The molecule has 168 valence electrons. The van der Waals surface area contributed by atoms with Gasteiger partial charge in [0.2, 0.25) is 0 Å². The molecule has 7 nitrogen and oxygen atoms in total. The highest BCUT2D eigenvalue weighted by Gasteiger charge is 2.23. The zero-order valence-corrected chi connectivity index (χ0v) is 19.1. The molecular weight excluding hydrogens is 400 g/mol. The second-order valence-corrected chi connectivity index (χ2v) is 8.89. The molecule has 2 fully saturated rings. The van der Waals surface area contributed by atoms with E-state index in [1.807, 2.05) is 31.2 Å². The summed E-state index contributed by atoms with van der Waals surface area (Å²) in [6, 6.07) is 10.7. The van der Waals surface area contributed by atoms with Gasteiger partial charge in [-0.15, -0.1) is 0 Å².